The molecule has 0 aromatic heterocycles. The highest BCUT2D eigenvalue weighted by molar-refractivity contribution is 6.33. The minimum atomic E-state index is -3.03. The summed E-state index contributed by atoms with van der Waals surface area (Å²) >= 11 is 12.7. The first-order chi connectivity index (χ1) is 16.8. The Bertz CT molecular complexity index is 1310. The van der Waals surface area contributed by atoms with Crippen molar-refractivity contribution in [1.29, 1.82) is 0 Å². The summed E-state index contributed by atoms with van der Waals surface area (Å²) in [7, 11) is 1.58. The van der Waals surface area contributed by atoms with E-state index in [0.717, 1.165) is 23.6 Å². The number of aryl methyl sites for hydroxylation is 1. The van der Waals surface area contributed by atoms with Crippen molar-refractivity contribution >= 4 is 57.5 Å². The Morgan fingerprint density at radius 2 is 1.92 bits per heavy atom. The van der Waals surface area contributed by atoms with Crippen molar-refractivity contribution in [3.05, 3.63) is 75.3 Å². The summed E-state index contributed by atoms with van der Waals surface area (Å²) in [4.78, 5) is 18.3. The average Bonchev–Trinajstić information content (AvgIpc) is 3.18. The maximum atomic E-state index is 13.6. The minimum absolute atomic E-state index is 0.162. The topological polar surface area (TPSA) is 57.1 Å². The molecule has 1 amide bonds. The Morgan fingerprint density at radius 3 is 2.53 bits per heavy atom. The number of nitrogens with one attached hydrogen (secondary N) is 1. The summed E-state index contributed by atoms with van der Waals surface area (Å²) < 4.78 is 27.1. The van der Waals surface area contributed by atoms with E-state index >= 15 is 0 Å². The number of allylic oxidation sites excluding steroid dienone is 1. The molecule has 0 spiro atoms. The molecule has 36 heavy (non-hydrogen) atoms. The van der Waals surface area contributed by atoms with Crippen molar-refractivity contribution < 1.29 is 13.6 Å². The van der Waals surface area contributed by atoms with Gasteiger partial charge in [0.25, 0.3) is 11.8 Å². The van der Waals surface area contributed by atoms with Gasteiger partial charge >= 0.3 is 0 Å². The molecule has 0 radical (unpaired) electrons. The van der Waals surface area contributed by atoms with E-state index in [1.54, 1.807) is 37.4 Å². The number of hydrogen-bond donors (Lipinski definition) is 1. The van der Waals surface area contributed by atoms with Crippen LogP contribution in [0.5, 0.6) is 0 Å². The van der Waals surface area contributed by atoms with E-state index in [1.807, 2.05) is 19.9 Å². The van der Waals surface area contributed by atoms with Crippen molar-refractivity contribution in [2.75, 3.05) is 18.9 Å². The van der Waals surface area contributed by atoms with E-state index in [1.165, 1.54) is 11.9 Å². The van der Waals surface area contributed by atoms with E-state index in [9.17, 15) is 13.6 Å². The van der Waals surface area contributed by atoms with Gasteiger partial charge in [-0.1, -0.05) is 48.0 Å². The van der Waals surface area contributed by atoms with Crippen molar-refractivity contribution in [2.24, 2.45) is 10.1 Å². The number of halogens is 4. The first kappa shape index (κ1) is 27.6. The number of alkyl halides is 2. The molecule has 0 fully saturated rings. The van der Waals surface area contributed by atoms with Crippen molar-refractivity contribution in [1.82, 2.24) is 5.01 Å². The molecule has 0 saturated heterocycles. The third-order valence-corrected chi connectivity index (χ3v) is 6.25. The van der Waals surface area contributed by atoms with Gasteiger partial charge in [0.15, 0.2) is 0 Å². The standard InChI is InChI=1S/C27H28Cl2F2N4O/c1-15(2)21-12-18(28)11-16(3)24(21)33-26(36)22-13-19(14-35(6)34-17(4)27(5,30)31)32-25(22)20-9-7-8-10-23(20)29/h7-12H,1,13-14H2,2-6H3,(H,33,36)/b34-17+. The minimum Gasteiger partial charge on any atom is -0.321 e. The lowest BCUT2D eigenvalue weighted by Gasteiger charge is -2.17. The lowest BCUT2D eigenvalue weighted by atomic mass is 10.0. The van der Waals surface area contributed by atoms with Gasteiger partial charge < -0.3 is 5.32 Å². The third-order valence-electron chi connectivity index (χ3n) is 5.71. The molecule has 0 bridgehead atoms. The van der Waals surface area contributed by atoms with E-state index < -0.39 is 5.92 Å². The first-order valence-electron chi connectivity index (χ1n) is 11.2. The predicted molar refractivity (Wildman–Crippen MR) is 146 cm³/mol. The number of amides is 1. The van der Waals surface area contributed by atoms with Crippen LogP contribution in [0.15, 0.2) is 58.6 Å². The molecule has 1 N–H and O–H groups in total. The summed E-state index contributed by atoms with van der Waals surface area (Å²) in [5, 5.41) is 9.35. The summed E-state index contributed by atoms with van der Waals surface area (Å²) in [6.45, 7) is 9.92. The second kappa shape index (κ2) is 10.9. The molecule has 2 aromatic carbocycles. The van der Waals surface area contributed by atoms with Crippen LogP contribution in [0.1, 0.15) is 43.9 Å². The fourth-order valence-corrected chi connectivity index (χ4v) is 4.28. The molecule has 1 aliphatic heterocycles. The maximum Gasteiger partial charge on any atom is 0.284 e. The normalized spacial score (nSPS) is 14.1. The Labute approximate surface area is 220 Å². The quantitative estimate of drug-likeness (QED) is 0.282. The summed E-state index contributed by atoms with van der Waals surface area (Å²) in [5.41, 5.74) is 4.63. The molecule has 9 heteroatoms. The fourth-order valence-electron chi connectivity index (χ4n) is 3.79. The smallest absolute Gasteiger partial charge is 0.284 e. The van der Waals surface area contributed by atoms with Crippen LogP contribution in [0.2, 0.25) is 10.0 Å². The molecule has 1 heterocycles. The molecular weight excluding hydrogens is 505 g/mol. The Hall–Kier alpha value is -3.03. The highest BCUT2D eigenvalue weighted by Crippen LogP contribution is 2.35. The number of anilines is 1. The number of nitrogens with zero attached hydrogens (tertiary/aromatic N) is 3. The number of carbonyl (C=O) groups excluding carboxylic acids is 1. The summed E-state index contributed by atoms with van der Waals surface area (Å²) in [6.07, 6.45) is 0.211. The highest BCUT2D eigenvalue weighted by Gasteiger charge is 2.29. The van der Waals surface area contributed by atoms with Gasteiger partial charge in [-0.15, -0.1) is 0 Å². The number of hydrogen-bond acceptors (Lipinski definition) is 4. The van der Waals surface area contributed by atoms with Gasteiger partial charge in [0.2, 0.25) is 0 Å². The number of hydrazone groups is 1. The first-order valence-corrected chi connectivity index (χ1v) is 12.0. The predicted octanol–water partition coefficient (Wildman–Crippen LogP) is 7.49. The van der Waals surface area contributed by atoms with Crippen LogP contribution < -0.4 is 5.32 Å². The van der Waals surface area contributed by atoms with Crippen LogP contribution >= 0.6 is 23.2 Å². The second-order valence-electron chi connectivity index (χ2n) is 8.93. The molecule has 0 unspecified atom stereocenters. The zero-order valence-electron chi connectivity index (χ0n) is 20.8. The number of carbonyl (C=O) groups is 1. The summed E-state index contributed by atoms with van der Waals surface area (Å²) in [5.74, 6) is -3.38. The molecule has 0 aliphatic carbocycles. The van der Waals surface area contributed by atoms with Crippen LogP contribution in [-0.4, -0.2) is 41.9 Å². The van der Waals surface area contributed by atoms with E-state index in [4.69, 9.17) is 23.2 Å². The SMILES string of the molecule is C=C(C)c1cc(Cl)cc(C)c1NC(=O)C1=C(c2ccccc2Cl)N=C(CN(C)/N=C(\C)C(C)(F)F)C1. The Morgan fingerprint density at radius 1 is 1.25 bits per heavy atom. The average molecular weight is 533 g/mol. The molecule has 190 valence electrons. The number of rotatable bonds is 8. The second-order valence-corrected chi connectivity index (χ2v) is 9.77. The molecule has 0 saturated carbocycles. The van der Waals surface area contributed by atoms with Crippen molar-refractivity contribution in [2.45, 2.75) is 40.0 Å². The van der Waals surface area contributed by atoms with Crippen LogP contribution in [0.4, 0.5) is 14.5 Å². The lowest BCUT2D eigenvalue weighted by Crippen LogP contribution is -2.28. The lowest BCUT2D eigenvalue weighted by molar-refractivity contribution is -0.112. The third kappa shape index (κ3) is 6.39. The molecule has 1 aliphatic rings. The van der Waals surface area contributed by atoms with Gasteiger partial charge in [-0.25, -0.2) is 8.78 Å². The highest BCUT2D eigenvalue weighted by atomic mass is 35.5. The Balaban J connectivity index is 1.97. The van der Waals surface area contributed by atoms with Crippen LogP contribution in [0.3, 0.4) is 0 Å². The van der Waals surface area contributed by atoms with Crippen molar-refractivity contribution in [3.8, 4) is 0 Å². The zero-order chi connectivity index (χ0) is 26.8. The van der Waals surface area contributed by atoms with E-state index in [-0.39, 0.29) is 24.6 Å². The van der Waals surface area contributed by atoms with Gasteiger partial charge in [0.1, 0.15) is 5.71 Å². The Kier molecular flexibility index (Phi) is 8.37. The largest absolute Gasteiger partial charge is 0.321 e. The van der Waals surface area contributed by atoms with E-state index in [0.29, 0.717) is 38.3 Å². The molecule has 5 nitrogen and oxygen atoms in total. The van der Waals surface area contributed by atoms with Crippen LogP contribution in [-0.2, 0) is 4.79 Å². The summed E-state index contributed by atoms with van der Waals surface area (Å²) in [6, 6.07) is 10.6. The zero-order valence-corrected chi connectivity index (χ0v) is 22.4. The maximum absolute atomic E-state index is 13.6. The molecular formula is C27H28Cl2F2N4O. The van der Waals surface area contributed by atoms with Gasteiger partial charge in [0.05, 0.1) is 17.9 Å². The van der Waals surface area contributed by atoms with Gasteiger partial charge in [0, 0.05) is 52.8 Å². The fraction of sp³-hybridized carbons (Fsp3) is 0.296. The monoisotopic (exact) mass is 532 g/mol. The molecule has 2 aromatic rings. The number of aliphatic imine (C=N–C) groups is 1. The van der Waals surface area contributed by atoms with Gasteiger partial charge in [-0.3, -0.25) is 14.8 Å². The van der Waals surface area contributed by atoms with Crippen LogP contribution in [0.25, 0.3) is 11.3 Å². The molecule has 3 rings (SSSR count). The van der Waals surface area contributed by atoms with Gasteiger partial charge in [-0.05, 0) is 50.1 Å². The molecule has 0 atom stereocenters. The van der Waals surface area contributed by atoms with Crippen molar-refractivity contribution in [3.63, 3.8) is 0 Å². The number of benzene rings is 2. The van der Waals surface area contributed by atoms with E-state index in [2.05, 4.69) is 22.0 Å². The van der Waals surface area contributed by atoms with Crippen LogP contribution in [0, 0.1) is 6.92 Å². The van der Waals surface area contributed by atoms with Gasteiger partial charge in [-0.2, -0.15) is 5.10 Å².